The number of amides is 3. The average Bonchev–Trinajstić information content (AvgIpc) is 2.67. The maximum atomic E-state index is 13.0. The number of halogens is 1. The van der Waals surface area contributed by atoms with Gasteiger partial charge in [0.05, 0.1) is 17.6 Å². The van der Waals surface area contributed by atoms with Gasteiger partial charge in [-0.1, -0.05) is 0 Å². The second kappa shape index (κ2) is 10.6. The predicted molar refractivity (Wildman–Crippen MR) is 141 cm³/mol. The van der Waals surface area contributed by atoms with Gasteiger partial charge in [0.1, 0.15) is 21.4 Å². The Morgan fingerprint density at radius 3 is 1.89 bits per heavy atom. The zero-order chi connectivity index (χ0) is 31.0. The first-order chi connectivity index (χ1) is 17.9. The van der Waals surface area contributed by atoms with E-state index in [9.17, 15) is 19.2 Å². The van der Waals surface area contributed by atoms with Gasteiger partial charge in [0, 0.05) is 16.5 Å². The van der Waals surface area contributed by atoms with Crippen molar-refractivity contribution in [2.75, 3.05) is 11.9 Å². The van der Waals surface area contributed by atoms with Crippen molar-refractivity contribution in [1.82, 2.24) is 20.1 Å². The maximum Gasteiger partial charge on any atom is 0.420 e. The Labute approximate surface area is 228 Å². The third-order valence-corrected chi connectivity index (χ3v) is 4.53. The van der Waals surface area contributed by atoms with Crippen LogP contribution in [0.1, 0.15) is 72.1 Å². The molecule has 0 spiro atoms. The Balaban J connectivity index is 2.79. The third kappa shape index (κ3) is 8.41. The van der Waals surface area contributed by atoms with Gasteiger partial charge in [-0.25, -0.2) is 29.4 Å². The molecule has 0 atom stereocenters. The van der Waals surface area contributed by atoms with E-state index >= 15 is 0 Å². The van der Waals surface area contributed by atoms with E-state index in [1.807, 2.05) is 0 Å². The minimum atomic E-state index is -3.11. The molecule has 0 saturated carbocycles. The summed E-state index contributed by atoms with van der Waals surface area (Å²) in [4.78, 5) is 57.1. The number of hydrogen-bond donors (Lipinski definition) is 1. The minimum absolute atomic E-state index is 0.00412. The second-order valence-electron chi connectivity index (χ2n) is 11.1. The van der Waals surface area contributed by atoms with E-state index in [1.165, 1.54) is 6.07 Å². The SMILES string of the molecule is [2H]C([2H])([2H])N(C(=O)OC(C)(C)C)c1nc(Br)cc2c(CN(C(=O)OC(C)(C)C)C(=O)OC(C)(C)C)n[nH]c(=O)c12. The van der Waals surface area contributed by atoms with Gasteiger partial charge in [0.2, 0.25) is 0 Å². The Kier molecular flexibility index (Phi) is 7.31. The molecule has 2 aromatic rings. The summed E-state index contributed by atoms with van der Waals surface area (Å²) < 4.78 is 40.0. The lowest BCUT2D eigenvalue weighted by Crippen LogP contribution is -2.43. The Morgan fingerprint density at radius 1 is 0.946 bits per heavy atom. The van der Waals surface area contributed by atoms with Crippen LogP contribution < -0.4 is 10.5 Å². The van der Waals surface area contributed by atoms with Gasteiger partial charge in [-0.2, -0.15) is 5.10 Å². The molecule has 0 saturated heterocycles. The van der Waals surface area contributed by atoms with Crippen LogP contribution in [0.4, 0.5) is 20.2 Å². The smallest absolute Gasteiger partial charge is 0.420 e. The number of nitrogens with zero attached hydrogens (tertiary/aromatic N) is 4. The van der Waals surface area contributed by atoms with E-state index in [0.717, 1.165) is 0 Å². The van der Waals surface area contributed by atoms with Crippen LogP contribution in [0, 0.1) is 0 Å². The Hall–Kier alpha value is -3.22. The van der Waals surface area contributed by atoms with E-state index in [-0.39, 0.29) is 26.0 Å². The van der Waals surface area contributed by atoms with Crippen LogP contribution in [-0.2, 0) is 20.8 Å². The number of H-pyrrole nitrogens is 1. The fraction of sp³-hybridized carbons (Fsp3) is 0.583. The number of carbonyl (C=O) groups excluding carboxylic acids is 3. The van der Waals surface area contributed by atoms with Crippen molar-refractivity contribution in [2.24, 2.45) is 0 Å². The molecule has 0 aliphatic rings. The van der Waals surface area contributed by atoms with E-state index < -0.39 is 60.0 Å². The molecule has 2 rings (SSSR count). The Bertz CT molecular complexity index is 1330. The number of rotatable bonds is 3. The predicted octanol–water partition coefficient (Wildman–Crippen LogP) is 5.12. The summed E-state index contributed by atoms with van der Waals surface area (Å²) in [7, 11) is 0. The second-order valence-corrected chi connectivity index (χ2v) is 11.9. The third-order valence-electron chi connectivity index (χ3n) is 4.12. The van der Waals surface area contributed by atoms with Crippen LogP contribution in [0.5, 0.6) is 0 Å². The summed E-state index contributed by atoms with van der Waals surface area (Å²) in [5.41, 5.74) is -3.93. The average molecular weight is 587 g/mol. The van der Waals surface area contributed by atoms with Crippen molar-refractivity contribution < 1.29 is 32.7 Å². The standard InChI is InChI=1S/C24H34BrN5O7/c1-22(2,3)35-19(32)29(10)17-16-13(11-15(25)26-17)14(27-28-18(16)31)12-30(20(33)36-23(4,5)6)21(34)37-24(7,8)9/h11H,12H2,1-10H3,(H,28,31)/i10D3. The fourth-order valence-corrected chi connectivity index (χ4v) is 3.25. The van der Waals surface area contributed by atoms with Crippen molar-refractivity contribution >= 4 is 50.8 Å². The van der Waals surface area contributed by atoms with E-state index in [1.54, 1.807) is 62.3 Å². The monoisotopic (exact) mass is 586 g/mol. The summed E-state index contributed by atoms with van der Waals surface area (Å²) in [6, 6.07) is 1.34. The summed E-state index contributed by atoms with van der Waals surface area (Å²) >= 11 is 3.18. The van der Waals surface area contributed by atoms with Gasteiger partial charge in [-0.15, -0.1) is 0 Å². The molecular formula is C24H34BrN5O7. The first-order valence-electron chi connectivity index (χ1n) is 12.7. The minimum Gasteiger partial charge on any atom is -0.443 e. The number of hydrogen-bond acceptors (Lipinski definition) is 9. The zero-order valence-electron chi connectivity index (χ0n) is 25.3. The molecule has 0 unspecified atom stereocenters. The molecule has 0 bridgehead atoms. The van der Waals surface area contributed by atoms with Crippen LogP contribution in [0.15, 0.2) is 15.5 Å². The van der Waals surface area contributed by atoms with Crippen LogP contribution in [0.3, 0.4) is 0 Å². The normalized spacial score (nSPS) is 13.7. The molecule has 13 heteroatoms. The number of carbonyl (C=O) groups is 3. The van der Waals surface area contributed by atoms with Crippen LogP contribution in [0.2, 0.25) is 0 Å². The molecule has 0 aromatic carbocycles. The number of aromatic nitrogens is 3. The molecule has 204 valence electrons. The van der Waals surface area contributed by atoms with Crippen molar-refractivity contribution in [2.45, 2.75) is 85.7 Å². The summed E-state index contributed by atoms with van der Waals surface area (Å²) in [6.45, 7) is 10.7. The molecular weight excluding hydrogens is 550 g/mol. The molecule has 0 aliphatic carbocycles. The van der Waals surface area contributed by atoms with Gasteiger partial charge in [0.25, 0.3) is 5.56 Å². The molecule has 12 nitrogen and oxygen atoms in total. The molecule has 2 heterocycles. The number of pyridine rings is 1. The van der Waals surface area contributed by atoms with Crippen molar-refractivity contribution in [1.29, 1.82) is 0 Å². The topological polar surface area (TPSA) is 144 Å². The highest BCUT2D eigenvalue weighted by Gasteiger charge is 2.33. The van der Waals surface area contributed by atoms with Gasteiger partial charge in [-0.05, 0) is 84.3 Å². The van der Waals surface area contributed by atoms with Gasteiger partial charge < -0.3 is 14.2 Å². The lowest BCUT2D eigenvalue weighted by atomic mass is 10.1. The molecule has 1 N–H and O–H groups in total. The van der Waals surface area contributed by atoms with E-state index in [2.05, 4.69) is 31.1 Å². The zero-order valence-corrected chi connectivity index (χ0v) is 23.9. The quantitative estimate of drug-likeness (QED) is 0.382. The molecule has 3 amide bonds. The number of fused-ring (bicyclic) bond motifs is 1. The molecule has 0 radical (unpaired) electrons. The molecule has 37 heavy (non-hydrogen) atoms. The number of aromatic amines is 1. The van der Waals surface area contributed by atoms with E-state index in [0.29, 0.717) is 4.90 Å². The van der Waals surface area contributed by atoms with Crippen LogP contribution >= 0.6 is 15.9 Å². The molecule has 0 fully saturated rings. The van der Waals surface area contributed by atoms with Crippen molar-refractivity contribution in [3.05, 3.63) is 26.7 Å². The molecule has 2 aromatic heterocycles. The highest BCUT2D eigenvalue weighted by molar-refractivity contribution is 9.10. The summed E-state index contributed by atoms with van der Waals surface area (Å²) in [5, 5.41) is 5.87. The maximum absolute atomic E-state index is 13.0. The highest BCUT2D eigenvalue weighted by Crippen LogP contribution is 2.28. The first kappa shape index (κ1) is 25.4. The summed E-state index contributed by atoms with van der Waals surface area (Å²) in [6.07, 6.45) is -3.37. The number of nitrogens with one attached hydrogen (secondary N) is 1. The lowest BCUT2D eigenvalue weighted by Gasteiger charge is -2.28. The van der Waals surface area contributed by atoms with Gasteiger partial charge >= 0.3 is 18.3 Å². The van der Waals surface area contributed by atoms with E-state index in [4.69, 9.17) is 18.3 Å². The van der Waals surface area contributed by atoms with Crippen LogP contribution in [0.25, 0.3) is 10.8 Å². The largest absolute Gasteiger partial charge is 0.443 e. The number of anilines is 1. The first-order valence-corrected chi connectivity index (χ1v) is 12.0. The fourth-order valence-electron chi connectivity index (χ4n) is 2.85. The van der Waals surface area contributed by atoms with Crippen molar-refractivity contribution in [3.63, 3.8) is 0 Å². The summed E-state index contributed by atoms with van der Waals surface area (Å²) in [5.74, 6) is -0.551. The van der Waals surface area contributed by atoms with Gasteiger partial charge in [-0.3, -0.25) is 9.69 Å². The van der Waals surface area contributed by atoms with Crippen molar-refractivity contribution in [3.8, 4) is 0 Å². The Morgan fingerprint density at radius 2 is 1.43 bits per heavy atom. The highest BCUT2D eigenvalue weighted by atomic mass is 79.9. The number of imide groups is 1. The molecule has 0 aliphatic heterocycles. The van der Waals surface area contributed by atoms with Gasteiger partial charge in [0.15, 0.2) is 5.82 Å². The lowest BCUT2D eigenvalue weighted by molar-refractivity contribution is -0.000464. The van der Waals surface area contributed by atoms with Crippen LogP contribution in [-0.4, -0.2) is 62.1 Å². The number of ether oxygens (including phenoxy) is 3.